The van der Waals surface area contributed by atoms with E-state index in [-0.39, 0.29) is 17.3 Å². The molecule has 2 N–H and O–H groups in total. The van der Waals surface area contributed by atoms with Gasteiger partial charge in [0.05, 0.1) is 18.8 Å². The topological polar surface area (TPSA) is 106 Å². The van der Waals surface area contributed by atoms with Crippen molar-refractivity contribution >= 4 is 22.7 Å². The fraction of sp³-hybridized carbons (Fsp3) is 0.333. The molecular weight excluding hydrogens is 436 g/mol. The number of aromatic carboxylic acids is 1. The number of carbonyl (C=O) groups excluding carboxylic acids is 1. The van der Waals surface area contributed by atoms with Crippen LogP contribution in [0.5, 0.6) is 17.2 Å². The molecule has 180 valence electrons. The van der Waals surface area contributed by atoms with Crippen molar-refractivity contribution < 1.29 is 33.7 Å². The van der Waals surface area contributed by atoms with Crippen molar-refractivity contribution in [2.45, 2.75) is 46.5 Å². The van der Waals surface area contributed by atoms with Crippen molar-refractivity contribution in [3.05, 3.63) is 64.9 Å². The molecule has 0 amide bonds. The molecule has 0 saturated heterocycles. The molecule has 0 radical (unpaired) electrons. The van der Waals surface area contributed by atoms with E-state index in [1.807, 2.05) is 19.9 Å². The first-order valence-electron chi connectivity index (χ1n) is 11.3. The Morgan fingerprint density at radius 1 is 1.18 bits per heavy atom. The van der Waals surface area contributed by atoms with E-state index in [2.05, 4.69) is 6.58 Å². The monoisotopic (exact) mass is 466 g/mol. The maximum absolute atomic E-state index is 11.7. The minimum Gasteiger partial charge on any atom is -0.507 e. The summed E-state index contributed by atoms with van der Waals surface area (Å²) in [6.45, 7) is 9.78. The van der Waals surface area contributed by atoms with Gasteiger partial charge in [-0.1, -0.05) is 19.4 Å². The second kappa shape index (κ2) is 10.9. The van der Waals surface area contributed by atoms with Crippen LogP contribution in [0.1, 0.15) is 64.3 Å². The lowest BCUT2D eigenvalue weighted by molar-refractivity contribution is 0.0664. The van der Waals surface area contributed by atoms with Crippen LogP contribution in [-0.4, -0.2) is 35.2 Å². The smallest absolute Gasteiger partial charge is 0.371 e. The van der Waals surface area contributed by atoms with Crippen molar-refractivity contribution in [1.29, 1.82) is 0 Å². The Labute approximate surface area is 198 Å². The van der Waals surface area contributed by atoms with Crippen LogP contribution in [0, 0.1) is 6.92 Å². The number of fused-ring (bicyclic) bond motifs is 1. The van der Waals surface area contributed by atoms with Crippen LogP contribution in [0.2, 0.25) is 0 Å². The van der Waals surface area contributed by atoms with Gasteiger partial charge >= 0.3 is 5.97 Å². The average Bonchev–Trinajstić information content (AvgIpc) is 3.22. The van der Waals surface area contributed by atoms with Gasteiger partial charge in [0, 0.05) is 22.9 Å². The Bertz CT molecular complexity index is 1220. The van der Waals surface area contributed by atoms with Crippen LogP contribution in [0.4, 0.5) is 0 Å². The van der Waals surface area contributed by atoms with E-state index < -0.39 is 5.97 Å². The molecule has 0 bridgehead atoms. The first kappa shape index (κ1) is 24.9. The van der Waals surface area contributed by atoms with Crippen molar-refractivity contribution in [3.63, 3.8) is 0 Å². The summed E-state index contributed by atoms with van der Waals surface area (Å²) in [5.41, 5.74) is 3.05. The van der Waals surface area contributed by atoms with Gasteiger partial charge in [-0.2, -0.15) is 0 Å². The molecule has 0 aliphatic heterocycles. The zero-order valence-corrected chi connectivity index (χ0v) is 19.8. The van der Waals surface area contributed by atoms with Gasteiger partial charge in [0.15, 0.2) is 5.78 Å². The standard InChI is InChI=1S/C27H30O7/c1-5-8-18-14-19-15-23(27(30)31)34-26(19)16(3)25(18)33-13-7-12-32-22-11-10-20(17(4)28)24(29)21(22)9-6-2/h5,10-11,14-15,29H,1,6-9,12-13H2,2-4H3,(H,30,31). The number of aromatic hydroxyl groups is 1. The van der Waals surface area contributed by atoms with Crippen LogP contribution < -0.4 is 9.47 Å². The van der Waals surface area contributed by atoms with Gasteiger partial charge in [0.25, 0.3) is 0 Å². The minimum absolute atomic E-state index is 0.0136. The number of benzene rings is 2. The Balaban J connectivity index is 1.71. The highest BCUT2D eigenvalue weighted by Crippen LogP contribution is 2.35. The van der Waals surface area contributed by atoms with E-state index in [9.17, 15) is 19.8 Å². The highest BCUT2D eigenvalue weighted by molar-refractivity contribution is 5.97. The first-order valence-corrected chi connectivity index (χ1v) is 11.3. The van der Waals surface area contributed by atoms with Gasteiger partial charge in [-0.05, 0) is 56.5 Å². The third-order valence-corrected chi connectivity index (χ3v) is 5.55. The predicted octanol–water partition coefficient (Wildman–Crippen LogP) is 5.88. The second-order valence-corrected chi connectivity index (χ2v) is 8.11. The number of carboxylic acid groups (broad SMARTS) is 1. The Morgan fingerprint density at radius 3 is 2.56 bits per heavy atom. The first-order chi connectivity index (χ1) is 16.3. The quantitative estimate of drug-likeness (QED) is 0.195. The number of ketones is 1. The van der Waals surface area contributed by atoms with E-state index in [1.165, 1.54) is 13.0 Å². The normalized spacial score (nSPS) is 10.9. The van der Waals surface area contributed by atoms with E-state index in [0.29, 0.717) is 66.1 Å². The summed E-state index contributed by atoms with van der Waals surface area (Å²) in [5, 5.41) is 20.4. The van der Waals surface area contributed by atoms with Crippen LogP contribution in [-0.2, 0) is 12.8 Å². The lowest BCUT2D eigenvalue weighted by Crippen LogP contribution is -2.08. The molecule has 7 nitrogen and oxygen atoms in total. The predicted molar refractivity (Wildman–Crippen MR) is 130 cm³/mol. The molecule has 7 heteroatoms. The molecule has 1 heterocycles. The third kappa shape index (κ3) is 5.25. The molecular formula is C27H30O7. The minimum atomic E-state index is -1.12. The molecule has 3 aromatic rings. The summed E-state index contributed by atoms with van der Waals surface area (Å²) in [6, 6.07) is 6.68. The van der Waals surface area contributed by atoms with E-state index in [4.69, 9.17) is 13.9 Å². The van der Waals surface area contributed by atoms with Gasteiger partial charge in [0.2, 0.25) is 5.76 Å². The SMILES string of the molecule is C=CCc1cc2cc(C(=O)O)oc2c(C)c1OCCCOc1ccc(C(C)=O)c(O)c1CCC. The molecule has 0 aliphatic rings. The lowest BCUT2D eigenvalue weighted by atomic mass is 10.0. The van der Waals surface area contributed by atoms with E-state index in [0.717, 1.165) is 17.5 Å². The summed E-state index contributed by atoms with van der Waals surface area (Å²) in [6.07, 6.45) is 4.31. The Morgan fingerprint density at radius 2 is 1.91 bits per heavy atom. The molecule has 0 fully saturated rings. The molecule has 0 saturated carbocycles. The van der Waals surface area contributed by atoms with Crippen molar-refractivity contribution in [3.8, 4) is 17.2 Å². The van der Waals surface area contributed by atoms with Gasteiger partial charge in [-0.25, -0.2) is 4.79 Å². The molecule has 0 unspecified atom stereocenters. The summed E-state index contributed by atoms with van der Waals surface area (Å²) in [7, 11) is 0. The van der Waals surface area contributed by atoms with Gasteiger partial charge in [-0.15, -0.1) is 6.58 Å². The lowest BCUT2D eigenvalue weighted by Gasteiger charge is -2.16. The zero-order chi connectivity index (χ0) is 24.8. The molecule has 2 aromatic carbocycles. The number of hydrogen-bond acceptors (Lipinski definition) is 6. The number of ether oxygens (including phenoxy) is 2. The highest BCUT2D eigenvalue weighted by Gasteiger charge is 2.18. The van der Waals surface area contributed by atoms with Crippen LogP contribution >= 0.6 is 0 Å². The number of allylic oxidation sites excluding steroid dienone is 1. The Kier molecular flexibility index (Phi) is 7.99. The van der Waals surface area contributed by atoms with E-state index >= 15 is 0 Å². The third-order valence-electron chi connectivity index (χ3n) is 5.55. The number of phenolic OH excluding ortho intramolecular Hbond substituents is 1. The molecule has 0 atom stereocenters. The number of Topliss-reactive ketones (excluding diaryl/α,β-unsaturated/α-hetero) is 1. The largest absolute Gasteiger partial charge is 0.507 e. The number of carboxylic acids is 1. The molecule has 0 spiro atoms. The summed E-state index contributed by atoms with van der Waals surface area (Å²) in [5.74, 6) is -0.231. The highest BCUT2D eigenvalue weighted by atomic mass is 16.5. The summed E-state index contributed by atoms with van der Waals surface area (Å²) >= 11 is 0. The van der Waals surface area contributed by atoms with Crippen molar-refractivity contribution in [2.24, 2.45) is 0 Å². The number of furan rings is 1. The number of phenols is 1. The number of hydrogen-bond donors (Lipinski definition) is 2. The summed E-state index contributed by atoms with van der Waals surface area (Å²) < 4.78 is 17.5. The summed E-state index contributed by atoms with van der Waals surface area (Å²) in [4.78, 5) is 23.0. The fourth-order valence-corrected chi connectivity index (χ4v) is 3.96. The molecule has 3 rings (SSSR count). The number of carbonyl (C=O) groups is 2. The molecule has 1 aromatic heterocycles. The number of rotatable bonds is 12. The second-order valence-electron chi connectivity index (χ2n) is 8.11. The maximum Gasteiger partial charge on any atom is 0.371 e. The van der Waals surface area contributed by atoms with Crippen molar-refractivity contribution in [1.82, 2.24) is 0 Å². The van der Waals surface area contributed by atoms with Gasteiger partial charge in [-0.3, -0.25) is 4.79 Å². The molecule has 34 heavy (non-hydrogen) atoms. The van der Waals surface area contributed by atoms with Gasteiger partial charge < -0.3 is 24.1 Å². The van der Waals surface area contributed by atoms with Gasteiger partial charge in [0.1, 0.15) is 22.8 Å². The van der Waals surface area contributed by atoms with Crippen LogP contribution in [0.25, 0.3) is 11.0 Å². The fourth-order valence-electron chi connectivity index (χ4n) is 3.96. The van der Waals surface area contributed by atoms with E-state index in [1.54, 1.807) is 18.2 Å². The average molecular weight is 467 g/mol. The maximum atomic E-state index is 11.7. The van der Waals surface area contributed by atoms with Crippen LogP contribution in [0.15, 0.2) is 41.3 Å². The van der Waals surface area contributed by atoms with Crippen LogP contribution in [0.3, 0.4) is 0 Å². The molecule has 0 aliphatic carbocycles. The number of aryl methyl sites for hydroxylation is 1. The Hall–Kier alpha value is -3.74. The van der Waals surface area contributed by atoms with Crippen molar-refractivity contribution in [2.75, 3.05) is 13.2 Å². The zero-order valence-electron chi connectivity index (χ0n) is 19.8.